The van der Waals surface area contributed by atoms with Crippen LogP contribution in [-0.2, 0) is 11.2 Å². The zero-order chi connectivity index (χ0) is 15.5. The van der Waals surface area contributed by atoms with Crippen molar-refractivity contribution < 1.29 is 9.90 Å². The first kappa shape index (κ1) is 14.7. The molecule has 6 nitrogen and oxygen atoms in total. The molecular weight excluding hydrogens is 300 g/mol. The summed E-state index contributed by atoms with van der Waals surface area (Å²) in [4.78, 5) is 15.6. The van der Waals surface area contributed by atoms with Crippen molar-refractivity contribution in [3.63, 3.8) is 0 Å². The number of benzene rings is 1. The van der Waals surface area contributed by atoms with Crippen molar-refractivity contribution in [1.29, 1.82) is 0 Å². The first-order valence-electron chi connectivity index (χ1n) is 6.99. The molecule has 0 aliphatic carbocycles. The molecule has 1 amide bonds. The lowest BCUT2D eigenvalue weighted by Gasteiger charge is -1.98. The molecule has 2 N–H and O–H groups in total. The van der Waals surface area contributed by atoms with Crippen LogP contribution in [0.3, 0.4) is 0 Å². The van der Waals surface area contributed by atoms with Gasteiger partial charge in [-0.05, 0) is 30.5 Å². The number of carbonyl (C=O) groups excluding carboxylic acids is 1. The summed E-state index contributed by atoms with van der Waals surface area (Å²) in [5.74, 6) is 0.360. The van der Waals surface area contributed by atoms with Crippen LogP contribution in [0, 0.1) is 0 Å². The van der Waals surface area contributed by atoms with Crippen molar-refractivity contribution in [1.82, 2.24) is 14.8 Å². The van der Waals surface area contributed by atoms with E-state index in [1.54, 1.807) is 28.3 Å². The number of aliphatic hydroxyl groups excluding tert-OH is 1. The van der Waals surface area contributed by atoms with Crippen LogP contribution in [0.15, 0.2) is 30.5 Å². The number of aromatic nitrogens is 3. The second-order valence-electron chi connectivity index (χ2n) is 4.95. The number of fused-ring (bicyclic) bond motifs is 1. The molecule has 1 aromatic carbocycles. The Morgan fingerprint density at radius 2 is 2.27 bits per heavy atom. The smallest absolute Gasteiger partial charge is 0.222 e. The third-order valence-electron chi connectivity index (χ3n) is 3.15. The number of hydrogen-bond acceptors (Lipinski definition) is 5. The first-order chi connectivity index (χ1) is 10.7. The normalized spacial score (nSPS) is 11.0. The van der Waals surface area contributed by atoms with Crippen molar-refractivity contribution in [2.45, 2.75) is 19.8 Å². The van der Waals surface area contributed by atoms with E-state index in [1.807, 2.05) is 12.1 Å². The van der Waals surface area contributed by atoms with Gasteiger partial charge in [-0.1, -0.05) is 17.4 Å². The Bertz CT molecular complexity index is 809. The van der Waals surface area contributed by atoms with E-state index in [2.05, 4.69) is 21.5 Å². The van der Waals surface area contributed by atoms with Crippen LogP contribution < -0.4 is 5.32 Å². The fourth-order valence-corrected chi connectivity index (χ4v) is 3.14. The molecule has 0 spiro atoms. The molecule has 0 radical (unpaired) electrons. The third-order valence-corrected chi connectivity index (χ3v) is 4.16. The zero-order valence-corrected chi connectivity index (χ0v) is 12.9. The number of hydrogen-bond donors (Lipinski definition) is 2. The van der Waals surface area contributed by atoms with Crippen LogP contribution in [0.4, 0.5) is 5.82 Å². The molecule has 3 rings (SSSR count). The van der Waals surface area contributed by atoms with Crippen LogP contribution >= 0.6 is 11.3 Å². The van der Waals surface area contributed by atoms with Crippen LogP contribution in [0.2, 0.25) is 0 Å². The third kappa shape index (κ3) is 3.15. The summed E-state index contributed by atoms with van der Waals surface area (Å²) < 4.78 is 2.74. The molecule has 22 heavy (non-hydrogen) atoms. The number of nitrogens with one attached hydrogen (secondary N) is 1. The summed E-state index contributed by atoms with van der Waals surface area (Å²) in [5.41, 5.74) is 2.11. The molecular formula is C15H16N4O2S. The topological polar surface area (TPSA) is 80.0 Å². The maximum absolute atomic E-state index is 11.0. The lowest BCUT2D eigenvalue weighted by Crippen LogP contribution is -2.06. The Kier molecular flexibility index (Phi) is 4.17. The lowest BCUT2D eigenvalue weighted by molar-refractivity contribution is -0.114. The monoisotopic (exact) mass is 316 g/mol. The quantitative estimate of drug-likeness (QED) is 0.757. The molecule has 0 bridgehead atoms. The van der Waals surface area contributed by atoms with Gasteiger partial charge in [0.05, 0.1) is 10.2 Å². The average molecular weight is 316 g/mol. The highest BCUT2D eigenvalue weighted by Gasteiger charge is 2.09. The summed E-state index contributed by atoms with van der Waals surface area (Å²) in [6.45, 7) is 1.65. The second kappa shape index (κ2) is 6.25. The Balaban J connectivity index is 1.87. The molecule has 0 unspecified atom stereocenters. The van der Waals surface area contributed by atoms with E-state index in [1.165, 1.54) is 12.5 Å². The maximum atomic E-state index is 11.0. The number of carbonyl (C=O) groups is 1. The SMILES string of the molecule is CC(=O)Nc1ccn(-c2nc3ccc(CCCO)cc3s2)n1. The van der Waals surface area contributed by atoms with Crippen LogP contribution in [0.1, 0.15) is 18.9 Å². The van der Waals surface area contributed by atoms with Gasteiger partial charge in [-0.2, -0.15) is 0 Å². The molecule has 0 saturated heterocycles. The van der Waals surface area contributed by atoms with Gasteiger partial charge in [-0.25, -0.2) is 9.67 Å². The van der Waals surface area contributed by atoms with E-state index in [0.717, 1.165) is 28.2 Å². The fraction of sp³-hybridized carbons (Fsp3) is 0.267. The summed E-state index contributed by atoms with van der Waals surface area (Å²) in [6.07, 6.45) is 3.39. The van der Waals surface area contributed by atoms with Gasteiger partial charge in [-0.15, -0.1) is 5.10 Å². The standard InChI is InChI=1S/C15H16N4O2S/c1-10(21)16-14-6-7-19(18-14)15-17-12-5-4-11(3-2-8-20)9-13(12)22-15/h4-7,9,20H,2-3,8H2,1H3,(H,16,18,21). The van der Waals surface area contributed by atoms with Crippen molar-refractivity contribution in [2.75, 3.05) is 11.9 Å². The molecule has 7 heteroatoms. The maximum Gasteiger partial charge on any atom is 0.222 e. The van der Waals surface area contributed by atoms with Gasteiger partial charge in [0, 0.05) is 25.8 Å². The van der Waals surface area contributed by atoms with Crippen molar-refractivity contribution >= 4 is 33.3 Å². The largest absolute Gasteiger partial charge is 0.396 e. The van der Waals surface area contributed by atoms with E-state index in [0.29, 0.717) is 5.82 Å². The molecule has 3 aromatic rings. The molecule has 0 atom stereocenters. The Morgan fingerprint density at radius 3 is 3.05 bits per heavy atom. The van der Waals surface area contributed by atoms with Gasteiger partial charge >= 0.3 is 0 Å². The van der Waals surface area contributed by atoms with Gasteiger partial charge in [0.25, 0.3) is 0 Å². The Labute approximate surface area is 131 Å². The van der Waals surface area contributed by atoms with E-state index in [-0.39, 0.29) is 12.5 Å². The minimum Gasteiger partial charge on any atom is -0.396 e. The molecule has 114 valence electrons. The highest BCUT2D eigenvalue weighted by atomic mass is 32.1. The number of thiazole rings is 1. The lowest BCUT2D eigenvalue weighted by atomic mass is 10.1. The molecule has 0 aliphatic heterocycles. The van der Waals surface area contributed by atoms with Crippen LogP contribution in [0.25, 0.3) is 15.3 Å². The molecule has 2 aromatic heterocycles. The van der Waals surface area contributed by atoms with Crippen LogP contribution in [-0.4, -0.2) is 32.4 Å². The Hall–Kier alpha value is -2.25. The van der Waals surface area contributed by atoms with Gasteiger partial charge in [0.2, 0.25) is 11.0 Å². The number of nitrogens with zero attached hydrogens (tertiary/aromatic N) is 3. The number of aryl methyl sites for hydroxylation is 1. The number of rotatable bonds is 5. The second-order valence-corrected chi connectivity index (χ2v) is 5.96. The summed E-state index contributed by atoms with van der Waals surface area (Å²) in [5, 5.41) is 16.6. The number of amides is 1. The van der Waals surface area contributed by atoms with Crippen molar-refractivity contribution in [3.8, 4) is 5.13 Å². The highest BCUT2D eigenvalue weighted by Crippen LogP contribution is 2.26. The summed E-state index contributed by atoms with van der Waals surface area (Å²) in [7, 11) is 0. The van der Waals surface area contributed by atoms with Crippen molar-refractivity contribution in [2.24, 2.45) is 0 Å². The van der Waals surface area contributed by atoms with Crippen molar-refractivity contribution in [3.05, 3.63) is 36.0 Å². The van der Waals surface area contributed by atoms with Gasteiger partial charge in [0.15, 0.2) is 5.82 Å². The Morgan fingerprint density at radius 1 is 1.41 bits per heavy atom. The summed E-state index contributed by atoms with van der Waals surface area (Å²) in [6, 6.07) is 7.86. The van der Waals surface area contributed by atoms with Gasteiger partial charge in [0.1, 0.15) is 0 Å². The average Bonchev–Trinajstić information content (AvgIpc) is 3.10. The predicted molar refractivity (Wildman–Crippen MR) is 86.5 cm³/mol. The minimum atomic E-state index is -0.150. The summed E-state index contributed by atoms with van der Waals surface area (Å²) >= 11 is 1.54. The predicted octanol–water partition coefficient (Wildman–Crippen LogP) is 2.37. The minimum absolute atomic E-state index is 0.150. The number of aliphatic hydroxyl groups is 1. The molecule has 0 fully saturated rings. The van der Waals surface area contributed by atoms with Gasteiger partial charge < -0.3 is 10.4 Å². The molecule has 2 heterocycles. The highest BCUT2D eigenvalue weighted by molar-refractivity contribution is 7.20. The van der Waals surface area contributed by atoms with Gasteiger partial charge in [-0.3, -0.25) is 4.79 Å². The van der Waals surface area contributed by atoms with E-state index in [4.69, 9.17) is 5.11 Å². The zero-order valence-electron chi connectivity index (χ0n) is 12.1. The number of anilines is 1. The van der Waals surface area contributed by atoms with Crippen LogP contribution in [0.5, 0.6) is 0 Å². The fourth-order valence-electron chi connectivity index (χ4n) is 2.17. The van der Waals surface area contributed by atoms with E-state index < -0.39 is 0 Å². The van der Waals surface area contributed by atoms with E-state index >= 15 is 0 Å². The molecule has 0 saturated carbocycles. The van der Waals surface area contributed by atoms with E-state index in [9.17, 15) is 4.79 Å². The first-order valence-corrected chi connectivity index (χ1v) is 7.81. The molecule has 0 aliphatic rings.